The number of carbonyl (C=O) groups excluding carboxylic acids is 6. The zero-order chi connectivity index (χ0) is 35.8. The van der Waals surface area contributed by atoms with Crippen molar-refractivity contribution in [1.82, 2.24) is 5.32 Å². The highest BCUT2D eigenvalue weighted by Crippen LogP contribution is 2.52. The number of nitrogens with one attached hydrogen (secondary N) is 1. The molecule has 260 valence electrons. The number of ketones is 4. The Labute approximate surface area is 279 Å². The summed E-state index contributed by atoms with van der Waals surface area (Å²) in [6, 6.07) is 4.28. The Kier molecular flexibility index (Phi) is 10.0. The number of phenolic OH excluding ortho intramolecular Hbond substituents is 2. The Hall–Kier alpha value is -4.96. The third-order valence-electron chi connectivity index (χ3n) is 8.69. The number of fused-ring (bicyclic) bond motifs is 3. The van der Waals surface area contributed by atoms with Crippen LogP contribution in [0.1, 0.15) is 82.2 Å². The highest BCUT2D eigenvalue weighted by Gasteiger charge is 2.50. The van der Waals surface area contributed by atoms with Gasteiger partial charge < -0.3 is 49.5 Å². The number of ether oxygens (including phenoxy) is 4. The predicted molar refractivity (Wildman–Crippen MR) is 165 cm³/mol. The van der Waals surface area contributed by atoms with E-state index < -0.39 is 108 Å². The molecule has 0 radical (unpaired) electrons. The molecule has 49 heavy (non-hydrogen) atoms. The van der Waals surface area contributed by atoms with E-state index in [4.69, 9.17) is 18.9 Å². The van der Waals surface area contributed by atoms with Crippen molar-refractivity contribution in [3.8, 4) is 17.2 Å². The molecule has 3 aliphatic rings. The summed E-state index contributed by atoms with van der Waals surface area (Å²) in [5.74, 6) is -5.94. The molecule has 0 aromatic heterocycles. The summed E-state index contributed by atoms with van der Waals surface area (Å²) in [6.07, 6.45) is -3.03. The largest absolute Gasteiger partial charge is 0.507 e. The zero-order valence-corrected chi connectivity index (χ0v) is 26.8. The number of benzene rings is 2. The first-order valence-electron chi connectivity index (χ1n) is 15.4. The molecule has 1 aliphatic heterocycles. The third-order valence-corrected chi connectivity index (χ3v) is 8.69. The number of aromatic hydroxyl groups is 2. The fourth-order valence-electron chi connectivity index (χ4n) is 6.06. The van der Waals surface area contributed by atoms with Crippen LogP contribution in [0.4, 0.5) is 0 Å². The van der Waals surface area contributed by atoms with Gasteiger partial charge in [-0.1, -0.05) is 18.2 Å². The van der Waals surface area contributed by atoms with Gasteiger partial charge in [-0.25, -0.2) is 0 Å². The molecule has 3 unspecified atom stereocenters. The van der Waals surface area contributed by atoms with Crippen LogP contribution in [0, 0.1) is 0 Å². The van der Waals surface area contributed by atoms with Crippen LogP contribution in [0.25, 0.3) is 0 Å². The van der Waals surface area contributed by atoms with Crippen molar-refractivity contribution in [3.05, 3.63) is 63.7 Å². The molecule has 2 aromatic rings. The lowest BCUT2D eigenvalue weighted by Crippen LogP contribution is -2.48. The Balaban J connectivity index is 1.48. The summed E-state index contributed by atoms with van der Waals surface area (Å²) in [4.78, 5) is 76.1. The molecular weight excluding hydrogens is 646 g/mol. The van der Waals surface area contributed by atoms with Crippen molar-refractivity contribution in [2.45, 2.75) is 69.7 Å². The quantitative estimate of drug-likeness (QED) is 0.107. The fraction of sp³-hybridized carbons (Fsp3) is 0.412. The average molecular weight is 682 g/mol. The van der Waals surface area contributed by atoms with Crippen molar-refractivity contribution in [2.75, 3.05) is 20.3 Å². The molecule has 15 nitrogen and oxygen atoms in total. The van der Waals surface area contributed by atoms with Crippen LogP contribution in [0.2, 0.25) is 0 Å². The second-order valence-corrected chi connectivity index (χ2v) is 12.1. The van der Waals surface area contributed by atoms with E-state index in [0.29, 0.717) is 0 Å². The first-order valence-corrected chi connectivity index (χ1v) is 15.4. The van der Waals surface area contributed by atoms with Gasteiger partial charge >= 0.3 is 5.97 Å². The number of amides is 1. The molecule has 5 N–H and O–H groups in total. The average Bonchev–Trinajstić information content (AvgIpc) is 3.06. The summed E-state index contributed by atoms with van der Waals surface area (Å²) in [6.45, 7) is 1.29. The van der Waals surface area contributed by atoms with Crippen LogP contribution in [-0.2, 0) is 39.8 Å². The first-order chi connectivity index (χ1) is 23.2. The smallest absolute Gasteiger partial charge is 0.325 e. The van der Waals surface area contributed by atoms with E-state index in [2.05, 4.69) is 5.32 Å². The number of aliphatic hydroxyl groups excluding tert-OH is 1. The van der Waals surface area contributed by atoms with Gasteiger partial charge in [0.25, 0.3) is 0 Å². The van der Waals surface area contributed by atoms with Gasteiger partial charge in [-0.3, -0.25) is 24.0 Å². The minimum atomic E-state index is -2.41. The molecule has 0 saturated heterocycles. The number of Topliss-reactive ketones (excluding diaryl/α,β-unsaturated/α-hetero) is 2. The number of rotatable bonds is 11. The number of methoxy groups -OCH3 is 1. The third kappa shape index (κ3) is 6.83. The van der Waals surface area contributed by atoms with E-state index >= 15 is 0 Å². The molecule has 5 rings (SSSR count). The number of hydrogen-bond donors (Lipinski definition) is 5. The number of esters is 1. The maximum Gasteiger partial charge on any atom is 0.325 e. The molecule has 2 aliphatic carbocycles. The van der Waals surface area contributed by atoms with Crippen LogP contribution >= 0.6 is 0 Å². The second kappa shape index (κ2) is 13.9. The number of phenols is 2. The standard InChI is InChI=1S/C34H35NO14/c1-15(36)7-9-23(39)35-13-24(40)47-14-22(38)34(45)11-18-27(21(12-34)49-25-10-8-19(37)16(2)48-25)33(44)29-28(31(18)42)30(41)17-5-4-6-20(46-3)26(17)32(29)43/h4-6,8,10,16,19,21,25,37,42,44-45H,7,9,11-14H2,1-3H3,(H,35,39)/t16?,19?,21-,25?,34-/m0/s1. The Morgan fingerprint density at radius 2 is 1.73 bits per heavy atom. The molecule has 5 atom stereocenters. The van der Waals surface area contributed by atoms with Crippen LogP contribution in [0.5, 0.6) is 17.2 Å². The molecule has 0 fully saturated rings. The summed E-state index contributed by atoms with van der Waals surface area (Å²) in [7, 11) is 1.30. The zero-order valence-electron chi connectivity index (χ0n) is 26.8. The predicted octanol–water partition coefficient (Wildman–Crippen LogP) is 0.876. The molecule has 15 heteroatoms. The molecule has 2 aromatic carbocycles. The van der Waals surface area contributed by atoms with E-state index in [-0.39, 0.29) is 46.6 Å². The number of carbonyl (C=O) groups is 6. The van der Waals surface area contributed by atoms with Crippen LogP contribution < -0.4 is 10.1 Å². The van der Waals surface area contributed by atoms with Gasteiger partial charge in [-0.2, -0.15) is 0 Å². The molecule has 0 saturated carbocycles. The van der Waals surface area contributed by atoms with E-state index in [1.165, 1.54) is 44.4 Å². The Bertz CT molecular complexity index is 1780. The van der Waals surface area contributed by atoms with Crippen LogP contribution in [0.15, 0.2) is 30.4 Å². The molecule has 1 heterocycles. The van der Waals surface area contributed by atoms with Gasteiger partial charge in [0.2, 0.25) is 17.5 Å². The summed E-state index contributed by atoms with van der Waals surface area (Å²) < 4.78 is 22.0. The summed E-state index contributed by atoms with van der Waals surface area (Å²) in [5.41, 5.74) is -4.16. The monoisotopic (exact) mass is 681 g/mol. The van der Waals surface area contributed by atoms with Crippen LogP contribution in [-0.4, -0.2) is 99.8 Å². The highest BCUT2D eigenvalue weighted by atomic mass is 16.7. The van der Waals surface area contributed by atoms with Crippen molar-refractivity contribution in [3.63, 3.8) is 0 Å². The molecular formula is C34H35NO14. The van der Waals surface area contributed by atoms with Gasteiger partial charge in [0.15, 0.2) is 18.7 Å². The van der Waals surface area contributed by atoms with Crippen molar-refractivity contribution >= 4 is 35.0 Å². The fourth-order valence-corrected chi connectivity index (χ4v) is 6.06. The van der Waals surface area contributed by atoms with Crippen molar-refractivity contribution in [2.24, 2.45) is 0 Å². The minimum Gasteiger partial charge on any atom is -0.507 e. The van der Waals surface area contributed by atoms with Gasteiger partial charge in [0.05, 0.1) is 42.1 Å². The SMILES string of the molecule is COc1cccc2c1C(=O)c1c(O)c3c(c(O)c1C2=O)C[C@@](O)(C(=O)COC(=O)CNC(=O)CCC(C)=O)C[C@@H]3OC1C=CC(O)C(C)O1. The van der Waals surface area contributed by atoms with Gasteiger partial charge in [0, 0.05) is 42.4 Å². The molecule has 1 amide bonds. The summed E-state index contributed by atoms with van der Waals surface area (Å²) in [5, 5.41) is 47.2. The normalized spacial score (nSPS) is 23.9. The minimum absolute atomic E-state index is 0.0235. The maximum absolute atomic E-state index is 13.8. The Morgan fingerprint density at radius 3 is 2.41 bits per heavy atom. The van der Waals surface area contributed by atoms with Crippen LogP contribution in [0.3, 0.4) is 0 Å². The summed E-state index contributed by atoms with van der Waals surface area (Å²) >= 11 is 0. The number of hydrogen-bond acceptors (Lipinski definition) is 14. The lowest BCUT2D eigenvalue weighted by atomic mass is 9.72. The topological polar surface area (TPSA) is 232 Å². The van der Waals surface area contributed by atoms with Crippen molar-refractivity contribution in [1.29, 1.82) is 0 Å². The lowest BCUT2D eigenvalue weighted by Gasteiger charge is -2.40. The van der Waals surface area contributed by atoms with E-state index in [1.54, 1.807) is 6.92 Å². The van der Waals surface area contributed by atoms with E-state index in [1.807, 2.05) is 0 Å². The first kappa shape index (κ1) is 35.3. The van der Waals surface area contributed by atoms with Gasteiger partial charge in [-0.05, 0) is 26.0 Å². The van der Waals surface area contributed by atoms with E-state index in [0.717, 1.165) is 0 Å². The number of aliphatic hydroxyl groups is 2. The highest BCUT2D eigenvalue weighted by molar-refractivity contribution is 6.31. The second-order valence-electron chi connectivity index (χ2n) is 12.1. The molecule has 0 bridgehead atoms. The van der Waals surface area contributed by atoms with E-state index in [9.17, 15) is 49.2 Å². The Morgan fingerprint density at radius 1 is 1.02 bits per heavy atom. The molecule has 0 spiro atoms. The van der Waals surface area contributed by atoms with Crippen molar-refractivity contribution < 1.29 is 68.1 Å². The maximum atomic E-state index is 13.8. The van der Waals surface area contributed by atoms with Gasteiger partial charge in [0.1, 0.15) is 35.2 Å². The lowest BCUT2D eigenvalue weighted by molar-refractivity contribution is -0.201. The van der Waals surface area contributed by atoms with Gasteiger partial charge in [-0.15, -0.1) is 0 Å².